The smallest absolute Gasteiger partial charge is 0.475 e. The van der Waals surface area contributed by atoms with E-state index in [0.717, 1.165) is 18.2 Å². The number of alkyl halides is 3. The Morgan fingerprint density at radius 2 is 1.63 bits per heavy atom. The summed E-state index contributed by atoms with van der Waals surface area (Å²) in [4.78, 5) is 8.06. The number of hydrogen-bond acceptors (Lipinski definition) is 3. The zero-order chi connectivity index (χ0) is 15.4. The molecule has 1 aromatic rings. The number of carbonyl (C=O) groups is 1. The van der Waals surface area contributed by atoms with E-state index in [4.69, 9.17) is 9.90 Å². The topological polar surface area (TPSA) is 97.5 Å². The predicted molar refractivity (Wildman–Crippen MR) is 51.4 cm³/mol. The highest BCUT2D eigenvalue weighted by Crippen LogP contribution is 2.14. The number of benzene rings is 1. The van der Waals surface area contributed by atoms with Gasteiger partial charge in [-0.15, -0.1) is 0 Å². The molecular formula is C8H6F5NO4S. The van der Waals surface area contributed by atoms with Gasteiger partial charge in [0.1, 0.15) is 4.90 Å². The zero-order valence-electron chi connectivity index (χ0n) is 8.78. The Labute approximate surface area is 103 Å². The minimum atomic E-state index is -5.08. The van der Waals surface area contributed by atoms with Crippen molar-refractivity contribution in [3.05, 3.63) is 29.8 Å². The number of halogens is 5. The molecule has 1 rings (SSSR count). The molecule has 0 fully saturated rings. The van der Waals surface area contributed by atoms with Crippen molar-refractivity contribution in [2.24, 2.45) is 5.14 Å². The van der Waals surface area contributed by atoms with Crippen LogP contribution in [0.25, 0.3) is 0 Å². The second-order valence-corrected chi connectivity index (χ2v) is 4.43. The SMILES string of the molecule is NS(=O)(=O)c1cccc(F)c1F.O=C(O)C(F)(F)F. The van der Waals surface area contributed by atoms with Crippen molar-refractivity contribution in [3.8, 4) is 0 Å². The van der Waals surface area contributed by atoms with E-state index in [1.807, 2.05) is 0 Å². The number of hydrogen-bond donors (Lipinski definition) is 2. The summed E-state index contributed by atoms with van der Waals surface area (Å²) in [6.45, 7) is 0. The van der Waals surface area contributed by atoms with Crippen LogP contribution in [0.2, 0.25) is 0 Å². The van der Waals surface area contributed by atoms with Gasteiger partial charge in [0.25, 0.3) is 0 Å². The van der Waals surface area contributed by atoms with E-state index >= 15 is 0 Å². The summed E-state index contributed by atoms with van der Waals surface area (Å²) >= 11 is 0. The van der Waals surface area contributed by atoms with Gasteiger partial charge in [-0.1, -0.05) is 6.07 Å². The first-order valence-electron chi connectivity index (χ1n) is 4.14. The van der Waals surface area contributed by atoms with Crippen LogP contribution in [0.3, 0.4) is 0 Å². The van der Waals surface area contributed by atoms with Crippen molar-refractivity contribution >= 4 is 16.0 Å². The maximum absolute atomic E-state index is 12.7. The average molecular weight is 307 g/mol. The standard InChI is InChI=1S/C6H5F2NO2S.C2HF3O2/c7-4-2-1-3-5(6(4)8)12(9,10)11;3-2(4,5)1(6)7/h1-3H,(H2,9,10,11);(H,6,7). The van der Waals surface area contributed by atoms with Crippen molar-refractivity contribution in [1.29, 1.82) is 0 Å². The second kappa shape index (κ2) is 5.93. The average Bonchev–Trinajstić information content (AvgIpc) is 2.19. The summed E-state index contributed by atoms with van der Waals surface area (Å²) in [5, 5.41) is 11.7. The number of primary sulfonamides is 1. The lowest BCUT2D eigenvalue weighted by atomic mass is 10.3. The van der Waals surface area contributed by atoms with Crippen LogP contribution in [0.15, 0.2) is 23.1 Å². The van der Waals surface area contributed by atoms with Crippen LogP contribution in [0.4, 0.5) is 22.0 Å². The van der Waals surface area contributed by atoms with Crippen molar-refractivity contribution < 1.29 is 40.3 Å². The Balaban J connectivity index is 0.000000399. The third-order valence-electron chi connectivity index (χ3n) is 1.47. The van der Waals surface area contributed by atoms with Gasteiger partial charge in [-0.05, 0) is 12.1 Å². The van der Waals surface area contributed by atoms with E-state index in [1.165, 1.54) is 0 Å². The van der Waals surface area contributed by atoms with Crippen molar-refractivity contribution in [2.45, 2.75) is 11.1 Å². The summed E-state index contributed by atoms with van der Waals surface area (Å²) < 4.78 is 78.0. The number of sulfonamides is 1. The minimum absolute atomic E-state index is 0.810. The lowest BCUT2D eigenvalue weighted by molar-refractivity contribution is -0.192. The summed E-state index contributed by atoms with van der Waals surface area (Å²) in [7, 11) is -4.17. The van der Waals surface area contributed by atoms with E-state index in [9.17, 15) is 30.4 Å². The first kappa shape index (κ1) is 17.2. The molecule has 5 nitrogen and oxygen atoms in total. The van der Waals surface area contributed by atoms with Gasteiger partial charge in [0.15, 0.2) is 11.6 Å². The summed E-state index contributed by atoms with van der Waals surface area (Å²) in [6, 6.07) is 2.77. The Morgan fingerprint density at radius 1 is 1.21 bits per heavy atom. The fourth-order valence-corrected chi connectivity index (χ4v) is 1.32. The second-order valence-electron chi connectivity index (χ2n) is 2.90. The van der Waals surface area contributed by atoms with Gasteiger partial charge in [-0.2, -0.15) is 13.2 Å². The van der Waals surface area contributed by atoms with Crippen LogP contribution in [-0.2, 0) is 14.8 Å². The third-order valence-corrected chi connectivity index (χ3v) is 2.39. The van der Waals surface area contributed by atoms with Gasteiger partial charge in [-0.3, -0.25) is 0 Å². The molecule has 0 saturated heterocycles. The number of aliphatic carboxylic acids is 1. The highest BCUT2D eigenvalue weighted by Gasteiger charge is 2.38. The molecule has 0 unspecified atom stereocenters. The van der Waals surface area contributed by atoms with Gasteiger partial charge in [0.05, 0.1) is 0 Å². The van der Waals surface area contributed by atoms with E-state index in [2.05, 4.69) is 5.14 Å². The predicted octanol–water partition coefficient (Wildman–Crippen LogP) is 1.25. The fourth-order valence-electron chi connectivity index (χ4n) is 0.704. The first-order valence-corrected chi connectivity index (χ1v) is 5.69. The van der Waals surface area contributed by atoms with E-state index in [1.54, 1.807) is 0 Å². The maximum atomic E-state index is 12.7. The fraction of sp³-hybridized carbons (Fsp3) is 0.125. The minimum Gasteiger partial charge on any atom is -0.475 e. The molecule has 0 aromatic heterocycles. The quantitative estimate of drug-likeness (QED) is 0.763. The Bertz CT molecular complexity index is 569. The van der Waals surface area contributed by atoms with Crippen LogP contribution in [-0.4, -0.2) is 25.7 Å². The van der Waals surface area contributed by atoms with E-state index in [-0.39, 0.29) is 0 Å². The molecule has 0 aliphatic heterocycles. The van der Waals surface area contributed by atoms with E-state index in [0.29, 0.717) is 0 Å². The molecule has 11 heteroatoms. The molecule has 0 aliphatic rings. The molecule has 19 heavy (non-hydrogen) atoms. The van der Waals surface area contributed by atoms with Crippen molar-refractivity contribution in [2.75, 3.05) is 0 Å². The number of carboxylic acid groups (broad SMARTS) is 1. The maximum Gasteiger partial charge on any atom is 0.490 e. The molecule has 0 spiro atoms. The van der Waals surface area contributed by atoms with Gasteiger partial charge >= 0.3 is 12.1 Å². The highest BCUT2D eigenvalue weighted by molar-refractivity contribution is 7.89. The van der Waals surface area contributed by atoms with Crippen LogP contribution in [0.1, 0.15) is 0 Å². The zero-order valence-corrected chi connectivity index (χ0v) is 9.60. The Morgan fingerprint density at radius 3 is 1.89 bits per heavy atom. The molecule has 0 radical (unpaired) electrons. The monoisotopic (exact) mass is 307 g/mol. The molecule has 0 amide bonds. The lowest BCUT2D eigenvalue weighted by Crippen LogP contribution is -2.21. The van der Waals surface area contributed by atoms with Gasteiger partial charge in [-0.25, -0.2) is 27.1 Å². The highest BCUT2D eigenvalue weighted by atomic mass is 32.2. The third kappa shape index (κ3) is 5.61. The van der Waals surface area contributed by atoms with Gasteiger partial charge in [0, 0.05) is 0 Å². The Kier molecular flexibility index (Phi) is 5.38. The number of carboxylic acids is 1. The number of rotatable bonds is 1. The van der Waals surface area contributed by atoms with Crippen LogP contribution >= 0.6 is 0 Å². The molecule has 0 saturated carbocycles. The van der Waals surface area contributed by atoms with Crippen LogP contribution in [0, 0.1) is 11.6 Å². The van der Waals surface area contributed by atoms with Gasteiger partial charge in [0.2, 0.25) is 10.0 Å². The molecule has 108 valence electrons. The molecular weight excluding hydrogens is 301 g/mol. The van der Waals surface area contributed by atoms with Crippen molar-refractivity contribution in [1.82, 2.24) is 0 Å². The van der Waals surface area contributed by atoms with E-state index < -0.39 is 38.7 Å². The molecule has 3 N–H and O–H groups in total. The number of nitrogens with two attached hydrogens (primary N) is 1. The molecule has 0 aliphatic carbocycles. The van der Waals surface area contributed by atoms with Crippen LogP contribution in [0.5, 0.6) is 0 Å². The summed E-state index contributed by atoms with van der Waals surface area (Å²) in [6.07, 6.45) is -5.08. The summed E-state index contributed by atoms with van der Waals surface area (Å²) in [5.41, 5.74) is 0. The first-order chi connectivity index (χ1) is 8.37. The van der Waals surface area contributed by atoms with Crippen LogP contribution < -0.4 is 5.14 Å². The molecule has 0 bridgehead atoms. The van der Waals surface area contributed by atoms with Crippen molar-refractivity contribution in [3.63, 3.8) is 0 Å². The summed E-state index contributed by atoms with van der Waals surface area (Å²) in [5.74, 6) is -5.44. The largest absolute Gasteiger partial charge is 0.490 e. The molecule has 0 atom stereocenters. The molecule has 1 aromatic carbocycles. The lowest BCUT2D eigenvalue weighted by Gasteiger charge is -1.99. The Hall–Kier alpha value is -1.75. The normalized spacial score (nSPS) is 11.5. The van der Waals surface area contributed by atoms with Gasteiger partial charge < -0.3 is 5.11 Å². The molecule has 0 heterocycles.